The molecule has 2 heterocycles. The maximum atomic E-state index is 12.5. The standard InChI is InChI=1S/C16H24N4O2/c1-19-12-11(13(21)20(2)15(19)22)17-14(18-12)16-6-8-3-9(7-16)5-10(16)4-8/h8-12,14,17-18H,3-7H2,1-2H3. The average Bonchev–Trinajstić information content (AvgIpc) is 3.11. The lowest BCUT2D eigenvalue weighted by molar-refractivity contribution is -0.133. The van der Waals surface area contributed by atoms with E-state index in [4.69, 9.17) is 0 Å². The van der Waals surface area contributed by atoms with Crippen molar-refractivity contribution in [3.8, 4) is 0 Å². The van der Waals surface area contributed by atoms with Crippen LogP contribution in [0.25, 0.3) is 0 Å². The van der Waals surface area contributed by atoms with Crippen LogP contribution in [0, 0.1) is 23.2 Å². The molecule has 22 heavy (non-hydrogen) atoms. The summed E-state index contributed by atoms with van der Waals surface area (Å²) in [6.07, 6.45) is 6.71. The molecule has 3 amide bonds. The van der Waals surface area contributed by atoms with E-state index in [1.807, 2.05) is 0 Å². The van der Waals surface area contributed by atoms with Gasteiger partial charge in [-0.2, -0.15) is 0 Å². The molecule has 4 bridgehead atoms. The van der Waals surface area contributed by atoms with Gasteiger partial charge in [-0.05, 0) is 49.9 Å². The van der Waals surface area contributed by atoms with E-state index >= 15 is 0 Å². The lowest BCUT2D eigenvalue weighted by Gasteiger charge is -2.39. The molecule has 2 saturated heterocycles. The van der Waals surface area contributed by atoms with Gasteiger partial charge in [0.1, 0.15) is 12.2 Å². The normalized spacial score (nSPS) is 52.8. The van der Waals surface area contributed by atoms with Gasteiger partial charge in [0.05, 0.1) is 6.17 Å². The average molecular weight is 304 g/mol. The number of carbonyl (C=O) groups excluding carboxylic acids is 2. The van der Waals surface area contributed by atoms with Crippen molar-refractivity contribution < 1.29 is 9.59 Å². The van der Waals surface area contributed by atoms with Gasteiger partial charge in [-0.1, -0.05) is 0 Å². The first kappa shape index (κ1) is 13.3. The number of amides is 3. The van der Waals surface area contributed by atoms with Gasteiger partial charge < -0.3 is 4.90 Å². The molecule has 4 aliphatic carbocycles. The number of nitrogens with one attached hydrogen (secondary N) is 2. The van der Waals surface area contributed by atoms with Crippen molar-refractivity contribution in [2.24, 2.45) is 23.2 Å². The zero-order valence-corrected chi connectivity index (χ0v) is 13.2. The SMILES string of the molecule is CN1C(=O)C2NC(C34CC5CC(CC3C5)C4)NC2N(C)C1=O. The summed E-state index contributed by atoms with van der Waals surface area (Å²) < 4.78 is 0. The van der Waals surface area contributed by atoms with E-state index in [1.165, 1.54) is 37.0 Å². The Balaban J connectivity index is 1.46. The zero-order valence-electron chi connectivity index (χ0n) is 13.2. The summed E-state index contributed by atoms with van der Waals surface area (Å²) in [6.45, 7) is 0. The Morgan fingerprint density at radius 1 is 1.05 bits per heavy atom. The number of carbonyl (C=O) groups is 2. The molecular formula is C16H24N4O2. The smallest absolute Gasteiger partial charge is 0.310 e. The fourth-order valence-corrected chi connectivity index (χ4v) is 6.45. The van der Waals surface area contributed by atoms with Crippen LogP contribution in [0.1, 0.15) is 32.1 Å². The Labute approximate surface area is 130 Å². The van der Waals surface area contributed by atoms with Crippen LogP contribution in [0.3, 0.4) is 0 Å². The quantitative estimate of drug-likeness (QED) is 0.742. The highest BCUT2D eigenvalue weighted by molar-refractivity contribution is 6.00. The summed E-state index contributed by atoms with van der Waals surface area (Å²) in [4.78, 5) is 27.5. The third-order valence-corrected chi connectivity index (χ3v) is 7.23. The predicted molar refractivity (Wildman–Crippen MR) is 79.6 cm³/mol. The molecular weight excluding hydrogens is 280 g/mol. The van der Waals surface area contributed by atoms with Gasteiger partial charge in [-0.25, -0.2) is 4.79 Å². The first-order valence-electron chi connectivity index (χ1n) is 8.56. The molecule has 6 fully saturated rings. The Morgan fingerprint density at radius 2 is 1.73 bits per heavy atom. The van der Waals surface area contributed by atoms with Crippen molar-refractivity contribution >= 4 is 11.9 Å². The number of imide groups is 1. The molecule has 2 N–H and O–H groups in total. The van der Waals surface area contributed by atoms with Crippen LogP contribution in [0.15, 0.2) is 0 Å². The molecule has 5 atom stereocenters. The number of nitrogens with zero attached hydrogens (tertiary/aromatic N) is 2. The van der Waals surface area contributed by atoms with Crippen LogP contribution in [0.4, 0.5) is 4.79 Å². The van der Waals surface area contributed by atoms with Crippen LogP contribution in [-0.2, 0) is 4.79 Å². The van der Waals surface area contributed by atoms with Crippen molar-refractivity contribution in [1.82, 2.24) is 20.4 Å². The maximum Gasteiger partial charge on any atom is 0.327 e. The van der Waals surface area contributed by atoms with Crippen LogP contribution < -0.4 is 10.6 Å². The Morgan fingerprint density at radius 3 is 2.41 bits per heavy atom. The number of likely N-dealkylation sites (N-methyl/N-ethyl adjacent to an activating group) is 2. The van der Waals surface area contributed by atoms with Crippen LogP contribution in [0.5, 0.6) is 0 Å². The van der Waals surface area contributed by atoms with E-state index in [2.05, 4.69) is 10.6 Å². The van der Waals surface area contributed by atoms with Crippen LogP contribution in [0.2, 0.25) is 0 Å². The molecule has 0 radical (unpaired) electrons. The van der Waals surface area contributed by atoms with Gasteiger partial charge in [-0.3, -0.25) is 20.3 Å². The second-order valence-electron chi connectivity index (χ2n) is 8.26. The van der Waals surface area contributed by atoms with Crippen molar-refractivity contribution in [2.75, 3.05) is 14.1 Å². The summed E-state index contributed by atoms with van der Waals surface area (Å²) in [5, 5.41) is 7.19. The molecule has 120 valence electrons. The minimum absolute atomic E-state index is 0.0998. The molecule has 0 spiro atoms. The predicted octanol–water partition coefficient (Wildman–Crippen LogP) is 0.550. The number of urea groups is 1. The third kappa shape index (κ3) is 1.43. The highest BCUT2D eigenvalue weighted by Crippen LogP contribution is 2.66. The highest BCUT2D eigenvalue weighted by Gasteiger charge is 2.64. The van der Waals surface area contributed by atoms with E-state index in [9.17, 15) is 9.59 Å². The largest absolute Gasteiger partial charge is 0.327 e. The highest BCUT2D eigenvalue weighted by atomic mass is 16.2. The van der Waals surface area contributed by atoms with Crippen molar-refractivity contribution in [2.45, 2.75) is 50.5 Å². The van der Waals surface area contributed by atoms with Crippen molar-refractivity contribution in [1.29, 1.82) is 0 Å². The first-order valence-corrected chi connectivity index (χ1v) is 8.56. The molecule has 0 aromatic rings. The van der Waals surface area contributed by atoms with Crippen molar-refractivity contribution in [3.05, 3.63) is 0 Å². The van der Waals surface area contributed by atoms with Gasteiger partial charge in [0.2, 0.25) is 0 Å². The molecule has 6 aliphatic rings. The van der Waals surface area contributed by atoms with E-state index in [0.717, 1.165) is 17.8 Å². The number of hydrogen-bond donors (Lipinski definition) is 2. The van der Waals surface area contributed by atoms with E-state index < -0.39 is 0 Å². The van der Waals surface area contributed by atoms with E-state index in [0.29, 0.717) is 5.41 Å². The summed E-state index contributed by atoms with van der Waals surface area (Å²) >= 11 is 0. The fraction of sp³-hybridized carbons (Fsp3) is 0.875. The molecule has 2 aliphatic heterocycles. The lowest BCUT2D eigenvalue weighted by Crippen LogP contribution is -2.64. The zero-order chi connectivity index (χ0) is 15.2. The number of hydrogen-bond acceptors (Lipinski definition) is 4. The lowest BCUT2D eigenvalue weighted by atomic mass is 9.73. The van der Waals surface area contributed by atoms with Gasteiger partial charge in [-0.15, -0.1) is 0 Å². The molecule has 6 nitrogen and oxygen atoms in total. The third-order valence-electron chi connectivity index (χ3n) is 7.23. The molecule has 5 unspecified atom stereocenters. The molecule has 6 heteroatoms. The van der Waals surface area contributed by atoms with Crippen LogP contribution in [-0.4, -0.2) is 54.2 Å². The van der Waals surface area contributed by atoms with Gasteiger partial charge in [0.25, 0.3) is 5.91 Å². The first-order chi connectivity index (χ1) is 10.5. The minimum atomic E-state index is -0.301. The maximum absolute atomic E-state index is 12.5. The minimum Gasteiger partial charge on any atom is -0.310 e. The fourth-order valence-electron chi connectivity index (χ4n) is 6.45. The van der Waals surface area contributed by atoms with Gasteiger partial charge >= 0.3 is 6.03 Å². The van der Waals surface area contributed by atoms with E-state index in [-0.39, 0.29) is 30.3 Å². The topological polar surface area (TPSA) is 64.7 Å². The molecule has 0 aromatic heterocycles. The van der Waals surface area contributed by atoms with Gasteiger partial charge in [0, 0.05) is 19.5 Å². The summed E-state index contributed by atoms with van der Waals surface area (Å²) in [7, 11) is 3.36. The number of fused-ring (bicyclic) bond motifs is 1. The van der Waals surface area contributed by atoms with Crippen LogP contribution >= 0.6 is 0 Å². The second-order valence-corrected chi connectivity index (χ2v) is 8.26. The van der Waals surface area contributed by atoms with Gasteiger partial charge in [0.15, 0.2) is 0 Å². The molecule has 6 rings (SSSR count). The Kier molecular flexibility index (Phi) is 2.44. The Bertz CT molecular complexity index is 550. The summed E-state index contributed by atoms with van der Waals surface area (Å²) in [5.41, 5.74) is 0.313. The Hall–Kier alpha value is -1.14. The summed E-state index contributed by atoms with van der Waals surface area (Å²) in [6, 6.07) is -0.513. The van der Waals surface area contributed by atoms with Crippen molar-refractivity contribution in [3.63, 3.8) is 0 Å². The summed E-state index contributed by atoms with van der Waals surface area (Å²) in [5.74, 6) is 2.48. The molecule has 4 saturated carbocycles. The second kappa shape index (κ2) is 4.03. The number of rotatable bonds is 1. The van der Waals surface area contributed by atoms with E-state index in [1.54, 1.807) is 19.0 Å². The molecule has 0 aromatic carbocycles. The monoisotopic (exact) mass is 304 g/mol.